The standard InChI is InChI=1S/C25H46O7S.Na/c1-3-5-6-7-8-9-10-11-12-13-14-15-16-17-18-19-21-31-24(26)22-23(33(28,29)30)25(27)32-20-4-2;/h4,20,23H,3,5-19,21-22H2,1-2H3,(H,28,29,30);/q;+1/p-1/b20-4+;. The Hall–Kier alpha value is -0.410. The molecule has 0 amide bonds. The van der Waals surface area contributed by atoms with Gasteiger partial charge in [0.25, 0.3) is 0 Å². The maximum absolute atomic E-state index is 11.8. The number of hydrogen-bond acceptors (Lipinski definition) is 7. The molecule has 0 fully saturated rings. The van der Waals surface area contributed by atoms with Crippen molar-refractivity contribution in [2.45, 2.75) is 128 Å². The van der Waals surface area contributed by atoms with Crippen LogP contribution in [0.2, 0.25) is 0 Å². The molecule has 1 unspecified atom stereocenters. The zero-order valence-electron chi connectivity index (χ0n) is 21.7. The van der Waals surface area contributed by atoms with Crippen molar-refractivity contribution in [1.29, 1.82) is 0 Å². The Balaban J connectivity index is 0. The number of rotatable bonds is 22. The van der Waals surface area contributed by atoms with Gasteiger partial charge in [0.05, 0.1) is 19.3 Å². The summed E-state index contributed by atoms with van der Waals surface area (Å²) >= 11 is 0. The third-order valence-corrected chi connectivity index (χ3v) is 6.60. The molecule has 194 valence electrons. The molecule has 0 heterocycles. The van der Waals surface area contributed by atoms with Crippen molar-refractivity contribution >= 4 is 22.1 Å². The summed E-state index contributed by atoms with van der Waals surface area (Å²) in [7, 11) is -5.01. The molecular weight excluding hydrogens is 467 g/mol. The minimum atomic E-state index is -5.01. The minimum Gasteiger partial charge on any atom is -0.747 e. The molecule has 9 heteroatoms. The van der Waals surface area contributed by atoms with Gasteiger partial charge < -0.3 is 14.0 Å². The Morgan fingerprint density at radius 1 is 0.794 bits per heavy atom. The zero-order chi connectivity index (χ0) is 24.8. The van der Waals surface area contributed by atoms with Crippen LogP contribution >= 0.6 is 0 Å². The van der Waals surface area contributed by atoms with E-state index in [1.54, 1.807) is 6.92 Å². The summed E-state index contributed by atoms with van der Waals surface area (Å²) in [6.07, 6.45) is 21.3. The van der Waals surface area contributed by atoms with Crippen LogP contribution in [0.15, 0.2) is 12.3 Å². The second kappa shape index (κ2) is 24.3. The molecular formula is C25H45NaO7S. The van der Waals surface area contributed by atoms with Gasteiger partial charge in [0, 0.05) is 0 Å². The van der Waals surface area contributed by atoms with E-state index >= 15 is 0 Å². The molecule has 0 radical (unpaired) electrons. The Kier molecular flexibility index (Phi) is 25.5. The molecule has 0 aromatic carbocycles. The average Bonchev–Trinajstić information content (AvgIpc) is 2.77. The summed E-state index contributed by atoms with van der Waals surface area (Å²) in [4.78, 5) is 23.4. The molecule has 1 atom stereocenters. The first-order valence-electron chi connectivity index (χ1n) is 12.7. The number of carbonyl (C=O) groups excluding carboxylic acids is 2. The smallest absolute Gasteiger partial charge is 0.747 e. The Bertz CT molecular complexity index is 635. The van der Waals surface area contributed by atoms with Gasteiger partial charge in [-0.25, -0.2) is 8.42 Å². The van der Waals surface area contributed by atoms with E-state index in [0.717, 1.165) is 25.5 Å². The first-order chi connectivity index (χ1) is 15.8. The largest absolute Gasteiger partial charge is 1.00 e. The maximum Gasteiger partial charge on any atom is 1.00 e. The topological polar surface area (TPSA) is 110 Å². The normalized spacial score (nSPS) is 12.3. The summed E-state index contributed by atoms with van der Waals surface area (Å²) < 4.78 is 43.1. The summed E-state index contributed by atoms with van der Waals surface area (Å²) in [5.41, 5.74) is 0. The van der Waals surface area contributed by atoms with Crippen LogP contribution in [-0.4, -0.2) is 36.8 Å². The molecule has 0 aliphatic carbocycles. The van der Waals surface area contributed by atoms with Crippen molar-refractivity contribution in [3.63, 3.8) is 0 Å². The van der Waals surface area contributed by atoms with E-state index in [-0.39, 0.29) is 36.2 Å². The maximum atomic E-state index is 11.8. The molecule has 0 aliphatic rings. The van der Waals surface area contributed by atoms with E-state index in [0.29, 0.717) is 6.42 Å². The van der Waals surface area contributed by atoms with E-state index in [2.05, 4.69) is 11.7 Å². The van der Waals surface area contributed by atoms with Crippen molar-refractivity contribution < 1.29 is 61.6 Å². The van der Waals surface area contributed by atoms with Crippen LogP contribution in [0.3, 0.4) is 0 Å². The van der Waals surface area contributed by atoms with Gasteiger partial charge in [-0.05, 0) is 13.3 Å². The Morgan fingerprint density at radius 3 is 1.59 bits per heavy atom. The van der Waals surface area contributed by atoms with Gasteiger partial charge in [-0.3, -0.25) is 9.59 Å². The monoisotopic (exact) mass is 512 g/mol. The number of allylic oxidation sites excluding steroid dienone is 1. The first kappa shape index (κ1) is 35.8. The molecule has 0 rings (SSSR count). The van der Waals surface area contributed by atoms with E-state index in [1.807, 2.05) is 0 Å². The molecule has 0 aromatic rings. The van der Waals surface area contributed by atoms with Gasteiger partial charge >= 0.3 is 41.5 Å². The molecule has 0 aromatic heterocycles. The van der Waals surface area contributed by atoms with Crippen molar-refractivity contribution in [2.75, 3.05) is 6.61 Å². The average molecular weight is 513 g/mol. The summed E-state index contributed by atoms with van der Waals surface area (Å²) in [5.74, 6) is -2.17. The predicted octanol–water partition coefficient (Wildman–Crippen LogP) is 3.18. The van der Waals surface area contributed by atoms with Crippen LogP contribution in [0.25, 0.3) is 0 Å². The molecule has 34 heavy (non-hydrogen) atoms. The van der Waals surface area contributed by atoms with Crippen LogP contribution in [0, 0.1) is 0 Å². The third kappa shape index (κ3) is 22.1. The second-order valence-electron chi connectivity index (χ2n) is 8.62. The SMILES string of the molecule is C/C=C/OC(=O)C(CC(=O)OCCCCCCCCCCCCCCCCCC)S(=O)(=O)[O-].[Na+]. The van der Waals surface area contributed by atoms with Gasteiger partial charge in [0.1, 0.15) is 10.1 Å². The van der Waals surface area contributed by atoms with E-state index < -0.39 is 33.7 Å². The van der Waals surface area contributed by atoms with Gasteiger partial charge in [-0.2, -0.15) is 0 Å². The van der Waals surface area contributed by atoms with Gasteiger partial charge in [0.15, 0.2) is 5.25 Å². The number of carbonyl (C=O) groups is 2. The number of hydrogen-bond donors (Lipinski definition) is 0. The second-order valence-corrected chi connectivity index (χ2v) is 10.2. The summed E-state index contributed by atoms with van der Waals surface area (Å²) in [6, 6.07) is 0. The van der Waals surface area contributed by atoms with Crippen molar-refractivity contribution in [2.24, 2.45) is 0 Å². The molecule has 7 nitrogen and oxygen atoms in total. The summed E-state index contributed by atoms with van der Waals surface area (Å²) in [6.45, 7) is 3.95. The Labute approximate surface area is 229 Å². The van der Waals surface area contributed by atoms with Gasteiger partial charge in [-0.15, -0.1) is 0 Å². The molecule has 0 bridgehead atoms. The van der Waals surface area contributed by atoms with Crippen LogP contribution in [0.4, 0.5) is 0 Å². The van der Waals surface area contributed by atoms with Crippen LogP contribution < -0.4 is 29.6 Å². The molecule has 0 saturated heterocycles. The zero-order valence-corrected chi connectivity index (χ0v) is 24.5. The van der Waals surface area contributed by atoms with E-state index in [9.17, 15) is 22.6 Å². The van der Waals surface area contributed by atoms with Crippen molar-refractivity contribution in [3.05, 3.63) is 12.3 Å². The predicted molar refractivity (Wildman–Crippen MR) is 130 cm³/mol. The van der Waals surface area contributed by atoms with Crippen LogP contribution in [-0.2, 0) is 29.2 Å². The number of ether oxygens (including phenoxy) is 2. The summed E-state index contributed by atoms with van der Waals surface area (Å²) in [5, 5.41) is -2.09. The fourth-order valence-corrected chi connectivity index (χ4v) is 4.19. The molecule has 0 spiro atoms. The molecule has 0 saturated carbocycles. The number of unbranched alkanes of at least 4 members (excludes halogenated alkanes) is 15. The minimum absolute atomic E-state index is 0. The fraction of sp³-hybridized carbons (Fsp3) is 0.840. The molecule has 0 aliphatic heterocycles. The number of esters is 2. The molecule has 0 N–H and O–H groups in total. The fourth-order valence-electron chi connectivity index (χ4n) is 3.56. The third-order valence-electron chi connectivity index (χ3n) is 5.54. The van der Waals surface area contributed by atoms with E-state index in [4.69, 9.17) is 4.74 Å². The quantitative estimate of drug-likeness (QED) is 0.0720. The van der Waals surface area contributed by atoms with Crippen LogP contribution in [0.5, 0.6) is 0 Å². The van der Waals surface area contributed by atoms with Crippen molar-refractivity contribution in [1.82, 2.24) is 0 Å². The van der Waals surface area contributed by atoms with Crippen molar-refractivity contribution in [3.8, 4) is 0 Å². The Morgan fingerprint density at radius 2 is 1.21 bits per heavy atom. The van der Waals surface area contributed by atoms with Crippen LogP contribution in [0.1, 0.15) is 123 Å². The first-order valence-corrected chi connectivity index (χ1v) is 14.2. The van der Waals surface area contributed by atoms with Gasteiger partial charge in [-0.1, -0.05) is 109 Å². The van der Waals surface area contributed by atoms with Gasteiger partial charge in [0.2, 0.25) is 0 Å². The van der Waals surface area contributed by atoms with E-state index in [1.165, 1.54) is 83.1 Å².